The maximum Gasteiger partial charge on any atom is 0.326 e. The zero-order valence-electron chi connectivity index (χ0n) is 7.43. The molecule has 2 heterocycles. The molecule has 0 amide bonds. The van der Waals surface area contributed by atoms with Crippen LogP contribution in [0, 0.1) is 5.92 Å². The van der Waals surface area contributed by atoms with Crippen molar-refractivity contribution in [1.29, 1.82) is 0 Å². The van der Waals surface area contributed by atoms with Crippen molar-refractivity contribution in [2.75, 3.05) is 13.2 Å². The van der Waals surface area contributed by atoms with Crippen LogP contribution in [0.15, 0.2) is 0 Å². The van der Waals surface area contributed by atoms with Gasteiger partial charge in [-0.05, 0) is 38.6 Å². The first-order valence-corrected chi connectivity index (χ1v) is 4.69. The minimum Gasteiger partial charge on any atom is -0.465 e. The van der Waals surface area contributed by atoms with Crippen LogP contribution in [0.3, 0.4) is 0 Å². The van der Waals surface area contributed by atoms with Crippen LogP contribution >= 0.6 is 0 Å². The molecule has 2 bridgehead atoms. The Bertz CT molecular complexity index is 191. The molecule has 0 unspecified atom stereocenters. The van der Waals surface area contributed by atoms with Gasteiger partial charge in [-0.1, -0.05) is 0 Å². The predicted octanol–water partition coefficient (Wildman–Crippen LogP) is 0.692. The topological polar surface area (TPSA) is 38.3 Å². The van der Waals surface area contributed by atoms with Crippen LogP contribution < -0.4 is 5.32 Å². The molecule has 3 fully saturated rings. The van der Waals surface area contributed by atoms with E-state index < -0.39 is 0 Å². The molecule has 3 aliphatic rings. The fraction of sp³-hybridized carbons (Fsp3) is 0.889. The Labute approximate surface area is 72.5 Å². The zero-order valence-corrected chi connectivity index (χ0v) is 7.43. The van der Waals surface area contributed by atoms with Gasteiger partial charge in [0.25, 0.3) is 0 Å². The SMILES string of the molecule is CCOC(=O)C12CC(CCN1)C2. The van der Waals surface area contributed by atoms with Crippen LogP contribution in [0.2, 0.25) is 0 Å². The second-order valence-corrected chi connectivity index (χ2v) is 3.79. The van der Waals surface area contributed by atoms with E-state index in [1.807, 2.05) is 6.92 Å². The standard InChI is InChI=1S/C9H15NO2/c1-2-12-8(11)9-5-7(6-9)3-4-10-9/h7,10H,2-6H2,1H3. The third kappa shape index (κ3) is 1.04. The number of hydrogen-bond acceptors (Lipinski definition) is 3. The van der Waals surface area contributed by atoms with Crippen LogP contribution in [0.25, 0.3) is 0 Å². The number of carbonyl (C=O) groups is 1. The zero-order chi connectivity index (χ0) is 8.60. The van der Waals surface area contributed by atoms with Crippen LogP contribution in [0.5, 0.6) is 0 Å². The highest BCUT2D eigenvalue weighted by Crippen LogP contribution is 2.43. The van der Waals surface area contributed by atoms with E-state index in [0.29, 0.717) is 6.61 Å². The quantitative estimate of drug-likeness (QED) is 0.618. The summed E-state index contributed by atoms with van der Waals surface area (Å²) in [6.45, 7) is 3.32. The molecule has 0 aromatic rings. The summed E-state index contributed by atoms with van der Waals surface area (Å²) in [6, 6.07) is 0. The summed E-state index contributed by atoms with van der Waals surface area (Å²) in [6.07, 6.45) is 3.21. The summed E-state index contributed by atoms with van der Waals surface area (Å²) in [7, 11) is 0. The van der Waals surface area contributed by atoms with Gasteiger partial charge < -0.3 is 10.1 Å². The molecule has 2 aliphatic heterocycles. The number of nitrogens with one attached hydrogen (secondary N) is 1. The number of esters is 1. The second-order valence-electron chi connectivity index (χ2n) is 3.79. The number of hydrogen-bond donors (Lipinski definition) is 1. The number of carbonyl (C=O) groups excluding carboxylic acids is 1. The van der Waals surface area contributed by atoms with Crippen molar-refractivity contribution in [2.24, 2.45) is 5.92 Å². The molecule has 1 aliphatic carbocycles. The molecule has 2 saturated heterocycles. The first-order valence-electron chi connectivity index (χ1n) is 4.69. The summed E-state index contributed by atoms with van der Waals surface area (Å²) in [5.41, 5.74) is -0.279. The normalized spacial score (nSPS) is 38.6. The molecule has 12 heavy (non-hydrogen) atoms. The average molecular weight is 169 g/mol. The Morgan fingerprint density at radius 3 is 2.92 bits per heavy atom. The van der Waals surface area contributed by atoms with E-state index >= 15 is 0 Å². The molecule has 3 heteroatoms. The third-order valence-electron chi connectivity index (χ3n) is 2.96. The molecule has 3 nitrogen and oxygen atoms in total. The Balaban J connectivity index is 1.98. The molecule has 3 rings (SSSR count). The lowest BCUT2D eigenvalue weighted by Crippen LogP contribution is -2.65. The molecular weight excluding hydrogens is 154 g/mol. The van der Waals surface area contributed by atoms with Gasteiger partial charge in [-0.15, -0.1) is 0 Å². The van der Waals surface area contributed by atoms with Gasteiger partial charge in [-0.2, -0.15) is 0 Å². The highest BCUT2D eigenvalue weighted by atomic mass is 16.5. The van der Waals surface area contributed by atoms with Gasteiger partial charge in [0.05, 0.1) is 6.61 Å². The number of fused-ring (bicyclic) bond motifs is 2. The van der Waals surface area contributed by atoms with E-state index in [1.165, 1.54) is 6.42 Å². The van der Waals surface area contributed by atoms with Gasteiger partial charge in [0.15, 0.2) is 0 Å². The summed E-state index contributed by atoms with van der Waals surface area (Å²) in [5.74, 6) is 0.733. The average Bonchev–Trinajstić information content (AvgIpc) is 2.04. The van der Waals surface area contributed by atoms with E-state index in [1.54, 1.807) is 0 Å². The Morgan fingerprint density at radius 1 is 1.67 bits per heavy atom. The van der Waals surface area contributed by atoms with Crippen LogP contribution in [-0.2, 0) is 9.53 Å². The summed E-state index contributed by atoms with van der Waals surface area (Å²) in [4.78, 5) is 11.5. The van der Waals surface area contributed by atoms with Crippen molar-refractivity contribution in [3.63, 3.8) is 0 Å². The number of rotatable bonds is 2. The van der Waals surface area contributed by atoms with E-state index in [9.17, 15) is 4.79 Å². The van der Waals surface area contributed by atoms with Gasteiger partial charge in [0.2, 0.25) is 0 Å². The third-order valence-corrected chi connectivity index (χ3v) is 2.96. The van der Waals surface area contributed by atoms with Crippen molar-refractivity contribution >= 4 is 5.97 Å². The largest absolute Gasteiger partial charge is 0.465 e. The van der Waals surface area contributed by atoms with Gasteiger partial charge in [0, 0.05) is 0 Å². The van der Waals surface area contributed by atoms with Gasteiger partial charge >= 0.3 is 5.97 Å². The van der Waals surface area contributed by atoms with Crippen LogP contribution in [-0.4, -0.2) is 24.7 Å². The van der Waals surface area contributed by atoms with E-state index in [4.69, 9.17) is 4.74 Å². The van der Waals surface area contributed by atoms with E-state index in [-0.39, 0.29) is 11.5 Å². The Kier molecular flexibility index (Phi) is 1.83. The van der Waals surface area contributed by atoms with Crippen LogP contribution in [0.4, 0.5) is 0 Å². The highest BCUT2D eigenvalue weighted by molar-refractivity contribution is 5.82. The minimum absolute atomic E-state index is 0.0408. The van der Waals surface area contributed by atoms with Crippen molar-refractivity contribution in [3.8, 4) is 0 Å². The number of piperidine rings is 2. The molecule has 0 spiro atoms. The first kappa shape index (κ1) is 8.05. The highest BCUT2D eigenvalue weighted by Gasteiger charge is 2.53. The molecule has 68 valence electrons. The Hall–Kier alpha value is -0.570. The Morgan fingerprint density at radius 2 is 2.42 bits per heavy atom. The van der Waals surface area contributed by atoms with Crippen LogP contribution in [0.1, 0.15) is 26.2 Å². The monoisotopic (exact) mass is 169 g/mol. The minimum atomic E-state index is -0.279. The summed E-state index contributed by atoms with van der Waals surface area (Å²) in [5, 5.41) is 3.27. The fourth-order valence-corrected chi connectivity index (χ4v) is 2.30. The van der Waals surface area contributed by atoms with E-state index in [0.717, 1.165) is 25.3 Å². The number of ether oxygens (including phenoxy) is 1. The van der Waals surface area contributed by atoms with Crippen molar-refractivity contribution in [2.45, 2.75) is 31.7 Å². The molecule has 0 atom stereocenters. The van der Waals surface area contributed by atoms with Gasteiger partial charge in [-0.3, -0.25) is 4.79 Å². The van der Waals surface area contributed by atoms with Crippen molar-refractivity contribution in [3.05, 3.63) is 0 Å². The first-order chi connectivity index (χ1) is 5.77. The lowest BCUT2D eigenvalue weighted by molar-refractivity contribution is -0.160. The van der Waals surface area contributed by atoms with E-state index in [2.05, 4.69) is 5.32 Å². The lowest BCUT2D eigenvalue weighted by atomic mass is 9.64. The maximum atomic E-state index is 11.5. The van der Waals surface area contributed by atoms with Crippen molar-refractivity contribution < 1.29 is 9.53 Å². The summed E-state index contributed by atoms with van der Waals surface area (Å²) < 4.78 is 5.02. The lowest BCUT2D eigenvalue weighted by Gasteiger charge is -2.50. The fourth-order valence-electron chi connectivity index (χ4n) is 2.30. The molecule has 1 saturated carbocycles. The smallest absolute Gasteiger partial charge is 0.326 e. The second kappa shape index (κ2) is 2.73. The maximum absolute atomic E-state index is 11.5. The molecule has 0 radical (unpaired) electrons. The molecule has 0 aromatic heterocycles. The molecular formula is C9H15NO2. The summed E-state index contributed by atoms with van der Waals surface area (Å²) >= 11 is 0. The molecule has 0 aromatic carbocycles. The van der Waals surface area contributed by atoms with Gasteiger partial charge in [0.1, 0.15) is 5.54 Å². The predicted molar refractivity (Wildman–Crippen MR) is 44.7 cm³/mol. The van der Waals surface area contributed by atoms with Gasteiger partial charge in [-0.25, -0.2) is 0 Å². The van der Waals surface area contributed by atoms with Crippen molar-refractivity contribution in [1.82, 2.24) is 5.32 Å². The molecule has 1 N–H and O–H groups in total.